The molecule has 0 aliphatic carbocycles. The Kier molecular flexibility index (Phi) is 3.86. The third-order valence-corrected chi connectivity index (χ3v) is 2.27. The number of benzene rings is 1. The molecule has 0 spiro atoms. The summed E-state index contributed by atoms with van der Waals surface area (Å²) in [5, 5.41) is 0.804. The standard InChI is InChI=1S/C9H7ClN2O.C2H6/c1-12-8(13)6-4-2-3-5-7(6)11-9(12)10;1-2/h2-5H,1H3;1-2H3. The number of hydrogen-bond donors (Lipinski definition) is 0. The molecule has 0 saturated carbocycles. The molecule has 15 heavy (non-hydrogen) atoms. The fraction of sp³-hybridized carbons (Fsp3) is 0.273. The number of hydrogen-bond acceptors (Lipinski definition) is 2. The van der Waals surface area contributed by atoms with Crippen molar-refractivity contribution in [2.75, 3.05) is 0 Å². The molecule has 0 N–H and O–H groups in total. The summed E-state index contributed by atoms with van der Waals surface area (Å²) in [5.41, 5.74) is 0.520. The van der Waals surface area contributed by atoms with E-state index in [1.54, 1.807) is 25.2 Å². The van der Waals surface area contributed by atoms with Gasteiger partial charge in [0, 0.05) is 7.05 Å². The lowest BCUT2D eigenvalue weighted by Gasteiger charge is -2.01. The van der Waals surface area contributed by atoms with Crippen LogP contribution in [0.5, 0.6) is 0 Å². The van der Waals surface area contributed by atoms with Crippen LogP contribution in [0.25, 0.3) is 10.9 Å². The minimum Gasteiger partial charge on any atom is -0.286 e. The van der Waals surface area contributed by atoms with Crippen molar-refractivity contribution < 1.29 is 0 Å². The van der Waals surface area contributed by atoms with Gasteiger partial charge in [-0.3, -0.25) is 9.36 Å². The lowest BCUT2D eigenvalue weighted by molar-refractivity contribution is 0.844. The largest absolute Gasteiger partial charge is 0.286 e. The third-order valence-electron chi connectivity index (χ3n) is 1.93. The van der Waals surface area contributed by atoms with Crippen molar-refractivity contribution in [3.05, 3.63) is 39.9 Å². The fourth-order valence-electron chi connectivity index (χ4n) is 1.19. The predicted molar refractivity (Wildman–Crippen MR) is 63.3 cm³/mol. The molecule has 1 aromatic heterocycles. The van der Waals surface area contributed by atoms with E-state index in [9.17, 15) is 4.79 Å². The molecule has 80 valence electrons. The molecular weight excluding hydrogens is 212 g/mol. The second-order valence-electron chi connectivity index (χ2n) is 2.76. The molecule has 0 fully saturated rings. The molecule has 0 atom stereocenters. The van der Waals surface area contributed by atoms with Gasteiger partial charge in [-0.1, -0.05) is 26.0 Å². The first kappa shape index (κ1) is 11.7. The predicted octanol–water partition coefficient (Wildman–Crippen LogP) is 2.61. The van der Waals surface area contributed by atoms with Crippen LogP contribution < -0.4 is 5.56 Å². The minimum absolute atomic E-state index is 0.115. The molecule has 1 heterocycles. The average molecular weight is 225 g/mol. The molecule has 0 radical (unpaired) electrons. The Morgan fingerprint density at radius 3 is 2.53 bits per heavy atom. The molecule has 2 rings (SSSR count). The summed E-state index contributed by atoms with van der Waals surface area (Å²) >= 11 is 5.74. The summed E-state index contributed by atoms with van der Waals surface area (Å²) < 4.78 is 1.32. The highest BCUT2D eigenvalue weighted by molar-refractivity contribution is 6.28. The average Bonchev–Trinajstić information content (AvgIpc) is 2.29. The Morgan fingerprint density at radius 2 is 1.87 bits per heavy atom. The number of halogens is 1. The zero-order chi connectivity index (χ0) is 11.4. The summed E-state index contributed by atoms with van der Waals surface area (Å²) in [6.45, 7) is 4.00. The summed E-state index contributed by atoms with van der Waals surface area (Å²) in [6.07, 6.45) is 0. The highest BCUT2D eigenvalue weighted by Crippen LogP contribution is 2.09. The maximum atomic E-state index is 11.6. The highest BCUT2D eigenvalue weighted by atomic mass is 35.5. The van der Waals surface area contributed by atoms with Gasteiger partial charge in [0.25, 0.3) is 5.56 Å². The molecule has 0 aliphatic rings. The van der Waals surface area contributed by atoms with Crippen molar-refractivity contribution in [3.63, 3.8) is 0 Å². The van der Waals surface area contributed by atoms with Crippen molar-refractivity contribution in [3.8, 4) is 0 Å². The van der Waals surface area contributed by atoms with Crippen LogP contribution in [-0.2, 0) is 7.05 Å². The summed E-state index contributed by atoms with van der Waals surface area (Å²) in [6, 6.07) is 7.13. The smallest absolute Gasteiger partial charge is 0.262 e. The second kappa shape index (κ2) is 4.94. The maximum Gasteiger partial charge on any atom is 0.262 e. The van der Waals surface area contributed by atoms with Crippen molar-refractivity contribution in [2.24, 2.45) is 7.05 Å². The zero-order valence-electron chi connectivity index (χ0n) is 8.99. The molecule has 0 bridgehead atoms. The monoisotopic (exact) mass is 224 g/mol. The Bertz CT molecular complexity index is 519. The topological polar surface area (TPSA) is 34.9 Å². The molecule has 0 unspecified atom stereocenters. The maximum absolute atomic E-state index is 11.6. The zero-order valence-corrected chi connectivity index (χ0v) is 9.75. The first-order valence-corrected chi connectivity index (χ1v) is 5.19. The second-order valence-corrected chi connectivity index (χ2v) is 3.10. The van der Waals surface area contributed by atoms with Gasteiger partial charge in [-0.15, -0.1) is 0 Å². The van der Waals surface area contributed by atoms with Crippen LogP contribution >= 0.6 is 11.6 Å². The molecule has 1 aromatic carbocycles. The number of fused-ring (bicyclic) bond motifs is 1. The molecule has 0 saturated heterocycles. The molecular formula is C11H13ClN2O. The van der Waals surface area contributed by atoms with Gasteiger partial charge < -0.3 is 0 Å². The Balaban J connectivity index is 0.000000531. The molecule has 4 heteroatoms. The number of aromatic nitrogens is 2. The van der Waals surface area contributed by atoms with Gasteiger partial charge in [-0.05, 0) is 23.7 Å². The van der Waals surface area contributed by atoms with E-state index in [1.165, 1.54) is 4.57 Å². The van der Waals surface area contributed by atoms with Crippen LogP contribution in [0.15, 0.2) is 29.1 Å². The Labute approximate surface area is 93.3 Å². The molecule has 0 amide bonds. The first-order chi connectivity index (χ1) is 7.20. The quantitative estimate of drug-likeness (QED) is 0.645. The van der Waals surface area contributed by atoms with Crippen LogP contribution in [-0.4, -0.2) is 9.55 Å². The van der Waals surface area contributed by atoms with Gasteiger partial charge in [0.15, 0.2) is 0 Å². The molecule has 0 aliphatic heterocycles. The summed E-state index contributed by atoms with van der Waals surface area (Å²) in [5.74, 6) is 0. The lowest BCUT2D eigenvalue weighted by atomic mass is 10.2. The summed E-state index contributed by atoms with van der Waals surface area (Å²) in [4.78, 5) is 15.7. The van der Waals surface area contributed by atoms with Gasteiger partial charge in [0.05, 0.1) is 10.9 Å². The van der Waals surface area contributed by atoms with Crippen LogP contribution in [0, 0.1) is 0 Å². The SMILES string of the molecule is CC.Cn1c(Cl)nc2ccccc2c1=O. The fourth-order valence-corrected chi connectivity index (χ4v) is 1.36. The van der Waals surface area contributed by atoms with E-state index < -0.39 is 0 Å². The van der Waals surface area contributed by atoms with E-state index in [2.05, 4.69) is 4.98 Å². The van der Waals surface area contributed by atoms with E-state index in [-0.39, 0.29) is 10.8 Å². The minimum atomic E-state index is -0.115. The van der Waals surface area contributed by atoms with Gasteiger partial charge in [0.2, 0.25) is 5.28 Å². The van der Waals surface area contributed by atoms with Crippen molar-refractivity contribution in [1.29, 1.82) is 0 Å². The Hall–Kier alpha value is -1.35. The highest BCUT2D eigenvalue weighted by Gasteiger charge is 2.04. The number of rotatable bonds is 0. The van der Waals surface area contributed by atoms with E-state index in [1.807, 2.05) is 19.9 Å². The van der Waals surface area contributed by atoms with E-state index in [0.29, 0.717) is 10.9 Å². The van der Waals surface area contributed by atoms with Crippen LogP contribution in [0.2, 0.25) is 5.28 Å². The Morgan fingerprint density at radius 1 is 1.27 bits per heavy atom. The summed E-state index contributed by atoms with van der Waals surface area (Å²) in [7, 11) is 1.60. The van der Waals surface area contributed by atoms with E-state index >= 15 is 0 Å². The van der Waals surface area contributed by atoms with Crippen molar-refractivity contribution >= 4 is 22.5 Å². The molecule has 3 nitrogen and oxygen atoms in total. The van der Waals surface area contributed by atoms with Crippen molar-refractivity contribution in [1.82, 2.24) is 9.55 Å². The van der Waals surface area contributed by atoms with Crippen LogP contribution in [0.3, 0.4) is 0 Å². The van der Waals surface area contributed by atoms with Gasteiger partial charge in [-0.25, -0.2) is 4.98 Å². The number of para-hydroxylation sites is 1. The van der Waals surface area contributed by atoms with Gasteiger partial charge in [-0.2, -0.15) is 0 Å². The molecule has 2 aromatic rings. The van der Waals surface area contributed by atoms with Gasteiger partial charge >= 0.3 is 0 Å². The van der Waals surface area contributed by atoms with Crippen LogP contribution in [0.1, 0.15) is 13.8 Å². The first-order valence-electron chi connectivity index (χ1n) is 4.81. The normalized spacial score (nSPS) is 9.60. The van der Waals surface area contributed by atoms with E-state index in [0.717, 1.165) is 0 Å². The number of nitrogens with zero attached hydrogens (tertiary/aromatic N) is 2. The van der Waals surface area contributed by atoms with E-state index in [4.69, 9.17) is 11.6 Å². The third kappa shape index (κ3) is 2.18. The van der Waals surface area contributed by atoms with Crippen LogP contribution in [0.4, 0.5) is 0 Å². The lowest BCUT2D eigenvalue weighted by Crippen LogP contribution is -2.18. The van der Waals surface area contributed by atoms with Gasteiger partial charge in [0.1, 0.15) is 0 Å². The van der Waals surface area contributed by atoms with Crippen molar-refractivity contribution in [2.45, 2.75) is 13.8 Å².